The molecule has 4 atom stereocenters. The van der Waals surface area contributed by atoms with E-state index in [0.29, 0.717) is 0 Å². The maximum absolute atomic E-state index is 8.88. The van der Waals surface area contributed by atoms with Crippen LogP contribution in [0.25, 0.3) is 11.1 Å². The molecule has 2 aliphatic heterocycles. The summed E-state index contributed by atoms with van der Waals surface area (Å²) in [5.74, 6) is 0.104. The molecule has 0 saturated carbocycles. The first-order valence-electron chi connectivity index (χ1n) is 19.0. The van der Waals surface area contributed by atoms with E-state index in [1.54, 1.807) is 0 Å². The first kappa shape index (κ1) is 35.5. The number of halogens is 4. The molecule has 6 heteroatoms. The topological polar surface area (TPSA) is 0 Å². The Balaban J connectivity index is 1.36. The number of hydrogen-bond acceptors (Lipinski definition) is 0. The minimum atomic E-state index is -4.88. The van der Waals surface area contributed by atoms with Gasteiger partial charge < -0.3 is 0 Å². The van der Waals surface area contributed by atoms with Gasteiger partial charge in [0.2, 0.25) is 0 Å². The first-order chi connectivity index (χ1) is 26.3. The van der Waals surface area contributed by atoms with E-state index in [-0.39, 0.29) is 11.8 Å². The van der Waals surface area contributed by atoms with Crippen LogP contribution in [0, 0.1) is 0 Å². The van der Waals surface area contributed by atoms with E-state index in [4.69, 9.17) is 40.4 Å². The summed E-state index contributed by atoms with van der Waals surface area (Å²) < 4.78 is -0.910. The fraction of sp³-hybridized carbons (Fsp3) is 0.167. The van der Waals surface area contributed by atoms with Crippen molar-refractivity contribution in [1.29, 1.82) is 0 Å². The molecule has 266 valence electrons. The molecule has 0 amide bonds. The molecular weight excluding hydrogens is 925 g/mol. The molecule has 10 rings (SSSR count). The molecule has 0 radical (unpaired) electrons. The molecule has 4 aliphatic carbocycles. The van der Waals surface area contributed by atoms with Gasteiger partial charge in [-0.05, 0) is 0 Å². The van der Waals surface area contributed by atoms with E-state index in [2.05, 4.69) is 147 Å². The van der Waals surface area contributed by atoms with Gasteiger partial charge in [-0.25, -0.2) is 0 Å². The Hall–Kier alpha value is -2.95. The van der Waals surface area contributed by atoms with Gasteiger partial charge in [-0.15, -0.1) is 0 Å². The average Bonchev–Trinajstić information content (AvgIpc) is 3.69. The summed E-state index contributed by atoms with van der Waals surface area (Å²) >= 11 is 8.03. The molecule has 54 heavy (non-hydrogen) atoms. The number of rotatable bonds is 4. The Kier molecular flexibility index (Phi) is 8.39. The van der Waals surface area contributed by atoms with Crippen molar-refractivity contribution in [2.24, 2.45) is 0 Å². The van der Waals surface area contributed by atoms with Crippen LogP contribution in [0.15, 0.2) is 191 Å². The van der Waals surface area contributed by atoms with E-state index in [9.17, 15) is 0 Å². The Morgan fingerprint density at radius 2 is 0.963 bits per heavy atom. The van der Waals surface area contributed by atoms with Crippen LogP contribution in [0.2, 0.25) is 15.6 Å². The second-order valence-corrected chi connectivity index (χ2v) is 44.2. The number of hydrogen-bond donors (Lipinski definition) is 0. The van der Waals surface area contributed by atoms with Crippen LogP contribution < -0.4 is 10.4 Å². The van der Waals surface area contributed by atoms with E-state index in [1.165, 1.54) is 66.1 Å². The predicted octanol–water partition coefficient (Wildman–Crippen LogP) is 13.5. The molecule has 4 aromatic rings. The monoisotopic (exact) mass is 962 g/mol. The summed E-state index contributed by atoms with van der Waals surface area (Å²) in [6.07, 6.45) is 25.3. The van der Waals surface area contributed by atoms with Crippen molar-refractivity contribution in [3.63, 3.8) is 0 Å². The maximum atomic E-state index is 8.88. The van der Waals surface area contributed by atoms with Gasteiger partial charge in [0.15, 0.2) is 0 Å². The van der Waals surface area contributed by atoms with Gasteiger partial charge in [0.1, 0.15) is 0 Å². The van der Waals surface area contributed by atoms with Crippen molar-refractivity contribution in [3.05, 3.63) is 212 Å². The zero-order valence-corrected chi connectivity index (χ0v) is 37.7. The van der Waals surface area contributed by atoms with Crippen LogP contribution in [0.1, 0.15) is 49.7 Å². The molecule has 3 spiro atoms. The van der Waals surface area contributed by atoms with Crippen molar-refractivity contribution < 1.29 is 17.6 Å². The molecule has 2 heterocycles. The van der Waals surface area contributed by atoms with Crippen LogP contribution in [-0.2, 0) is 17.6 Å². The zero-order valence-electron chi connectivity index (χ0n) is 30.1. The van der Waals surface area contributed by atoms with Crippen LogP contribution in [-0.4, -0.2) is 8.07 Å². The molecule has 0 N–H and O–H groups in total. The van der Waals surface area contributed by atoms with Crippen LogP contribution in [0.4, 0.5) is 0 Å². The Morgan fingerprint density at radius 1 is 0.556 bits per heavy atom. The van der Waals surface area contributed by atoms with Crippen molar-refractivity contribution in [3.8, 4) is 11.1 Å². The van der Waals surface area contributed by atoms with Crippen LogP contribution >= 0.6 is 40.4 Å². The molecule has 0 aromatic heterocycles. The second-order valence-electron chi connectivity index (χ2n) is 15.2. The quantitative estimate of drug-likeness (QED) is 0.179. The van der Waals surface area contributed by atoms with Gasteiger partial charge in [-0.2, -0.15) is 0 Å². The number of benzene rings is 4. The molecular formula is C48H38Cl4HfSi. The predicted molar refractivity (Wildman–Crippen MR) is 230 cm³/mol. The van der Waals surface area contributed by atoms with Crippen molar-refractivity contribution in [1.82, 2.24) is 0 Å². The Labute approximate surface area is 341 Å². The molecule has 4 unspecified atom stereocenters. The molecule has 4 aromatic carbocycles. The molecule has 0 bridgehead atoms. The summed E-state index contributed by atoms with van der Waals surface area (Å²) in [4.78, 5) is 0. The van der Waals surface area contributed by atoms with E-state index in [1.807, 2.05) is 24.3 Å². The molecule has 1 saturated heterocycles. The third-order valence-corrected chi connectivity index (χ3v) is 59.4. The van der Waals surface area contributed by atoms with Gasteiger partial charge in [-0.1, -0.05) is 0 Å². The third kappa shape index (κ3) is 4.16. The van der Waals surface area contributed by atoms with E-state index >= 15 is 0 Å². The van der Waals surface area contributed by atoms with E-state index in [0.717, 1.165) is 22.9 Å². The van der Waals surface area contributed by atoms with Gasteiger partial charge in [0.05, 0.1) is 0 Å². The summed E-state index contributed by atoms with van der Waals surface area (Å²) in [6, 6.07) is 35.4. The van der Waals surface area contributed by atoms with Crippen molar-refractivity contribution >= 4 is 58.8 Å². The summed E-state index contributed by atoms with van der Waals surface area (Å²) in [6.45, 7) is 4.66. The van der Waals surface area contributed by atoms with Gasteiger partial charge in [-0.3, -0.25) is 0 Å². The Morgan fingerprint density at radius 3 is 1.37 bits per heavy atom. The van der Waals surface area contributed by atoms with Crippen LogP contribution in [0.5, 0.6) is 0 Å². The number of fused-ring (bicyclic) bond motifs is 9. The Bertz CT molecular complexity index is 2350. The van der Waals surface area contributed by atoms with Gasteiger partial charge >= 0.3 is 344 Å². The normalized spacial score (nSPS) is 27.4. The van der Waals surface area contributed by atoms with Crippen molar-refractivity contribution in [2.45, 2.75) is 44.1 Å². The molecule has 6 aliphatic rings. The van der Waals surface area contributed by atoms with Gasteiger partial charge in [0.25, 0.3) is 0 Å². The minimum absolute atomic E-state index is 0.0519. The van der Waals surface area contributed by atoms with Gasteiger partial charge in [0, 0.05) is 0 Å². The average molecular weight is 963 g/mol. The second kappa shape index (κ2) is 12.8. The standard InChI is InChI=1S/C48H38Cl2Si.2ClH.Hf/c1-3-31-29-43-37(33-21-25-35(49)26-22-33)13-5-7-17-41(43)47(31)51(45-19-11-9-15-39(45)40-16-10-12-20-46(40)51)48-32(4-2)30-44-38(14-6-8-18-42(44)48)34-23-27-36(50)28-24-34;;;/h5-30,37-38H,3-4H2,1-2H3;2*1H;/q;;;+2/p-2. The zero-order chi connectivity index (χ0) is 37.0. The molecule has 0 nitrogen and oxygen atoms in total. The summed E-state index contributed by atoms with van der Waals surface area (Å²) in [7, 11) is 14.7. The SMILES string of the molecule is CCC1=CC2=C(C=CC=CC2c2ccc(Cl)cc2)[C]12[Si]1(c3ccccc3-c3ccccc31)[C]1(C(CC)=CC3=C1C=CC=CC3c1ccc(Cl)cc1)[Hf]2([Cl])[Cl]. The fourth-order valence-corrected chi connectivity index (χ4v) is 72.4. The summed E-state index contributed by atoms with van der Waals surface area (Å²) in [5, 5.41) is 4.44. The third-order valence-electron chi connectivity index (χ3n) is 13.3. The molecule has 1 fully saturated rings. The summed E-state index contributed by atoms with van der Waals surface area (Å²) in [5.41, 5.74) is 13.4. The van der Waals surface area contributed by atoms with E-state index < -0.39 is 31.3 Å². The first-order valence-corrected chi connectivity index (χ1v) is 34.2. The number of allylic oxidation sites excluding steroid dienone is 16. The van der Waals surface area contributed by atoms with Crippen LogP contribution in [0.3, 0.4) is 0 Å². The fourth-order valence-electron chi connectivity index (χ4n) is 11.6. The van der Waals surface area contributed by atoms with Crippen molar-refractivity contribution in [2.75, 3.05) is 0 Å².